The lowest BCUT2D eigenvalue weighted by molar-refractivity contribution is -0.384. The number of nitriles is 2. The Hall–Kier alpha value is -5.29. The lowest BCUT2D eigenvalue weighted by atomic mass is 10.2. The first-order valence-electron chi connectivity index (χ1n) is 11.2. The van der Waals surface area contributed by atoms with Crippen molar-refractivity contribution in [3.63, 3.8) is 0 Å². The maximum Gasteiger partial charge on any atom is 0.344 e. The third-order valence-electron chi connectivity index (χ3n) is 5.25. The molecule has 186 valence electrons. The predicted molar refractivity (Wildman–Crippen MR) is 134 cm³/mol. The summed E-state index contributed by atoms with van der Waals surface area (Å²) in [6.07, 6.45) is -0.625. The van der Waals surface area contributed by atoms with Crippen LogP contribution in [0.4, 0.5) is 22.7 Å². The first kappa shape index (κ1) is 26.3. The Bertz CT molecular complexity index is 1350. The fourth-order valence-corrected chi connectivity index (χ4v) is 3.38. The molecule has 3 aromatic carbocycles. The molecule has 0 saturated carbocycles. The van der Waals surface area contributed by atoms with Gasteiger partial charge in [-0.15, -0.1) is 5.11 Å². The van der Waals surface area contributed by atoms with E-state index in [0.29, 0.717) is 24.5 Å². The van der Waals surface area contributed by atoms with Crippen molar-refractivity contribution in [2.75, 3.05) is 18.0 Å². The maximum absolute atomic E-state index is 11.7. The molecule has 0 aliphatic heterocycles. The van der Waals surface area contributed by atoms with Gasteiger partial charge in [0.2, 0.25) is 0 Å². The number of carboxylic acid groups (broad SMARTS) is 1. The molecule has 37 heavy (non-hydrogen) atoms. The third-order valence-corrected chi connectivity index (χ3v) is 5.25. The summed E-state index contributed by atoms with van der Waals surface area (Å²) in [6, 6.07) is 23.3. The number of azo groups is 1. The van der Waals surface area contributed by atoms with E-state index in [0.717, 1.165) is 11.8 Å². The van der Waals surface area contributed by atoms with Crippen molar-refractivity contribution in [2.24, 2.45) is 10.2 Å². The zero-order valence-electron chi connectivity index (χ0n) is 19.6. The number of hydrogen-bond donors (Lipinski definition) is 1. The standard InChI is InChI=1S/C26H22N6O5/c27-14-4-15-31(16-13-25(26(33)34)37-23-5-2-1-3-6-23)21-9-7-20(8-10-21)29-30-24-12-11-22(32(35)36)17-19(24)18-28/h1-3,5-12,17,25H,4,13,15-16H2,(H,33,34). The number of non-ortho nitro benzene ring substituents is 1. The fraction of sp³-hybridized carbons (Fsp3) is 0.192. The summed E-state index contributed by atoms with van der Waals surface area (Å²) in [5, 5.41) is 46.9. The van der Waals surface area contributed by atoms with Crippen molar-refractivity contribution in [3.05, 3.63) is 88.5 Å². The number of carboxylic acids is 1. The minimum atomic E-state index is -1.08. The number of aliphatic carboxylic acids is 1. The zero-order valence-corrected chi connectivity index (χ0v) is 19.6. The first-order chi connectivity index (χ1) is 17.9. The molecular formula is C26H22N6O5. The van der Waals surface area contributed by atoms with Gasteiger partial charge in [0.25, 0.3) is 5.69 Å². The Morgan fingerprint density at radius 1 is 1.05 bits per heavy atom. The van der Waals surface area contributed by atoms with Gasteiger partial charge in [-0.1, -0.05) is 18.2 Å². The Kier molecular flexibility index (Phi) is 9.23. The van der Waals surface area contributed by atoms with Gasteiger partial charge in [0.15, 0.2) is 6.10 Å². The summed E-state index contributed by atoms with van der Waals surface area (Å²) in [5.74, 6) is -0.622. The van der Waals surface area contributed by atoms with Crippen LogP contribution in [0.5, 0.6) is 5.75 Å². The van der Waals surface area contributed by atoms with Gasteiger partial charge in [-0.05, 0) is 42.5 Å². The molecule has 1 N–H and O–H groups in total. The van der Waals surface area contributed by atoms with Crippen LogP contribution in [0.25, 0.3) is 0 Å². The molecule has 0 radical (unpaired) electrons. The topological polar surface area (TPSA) is 165 Å². The molecule has 11 nitrogen and oxygen atoms in total. The van der Waals surface area contributed by atoms with Gasteiger partial charge in [-0.3, -0.25) is 10.1 Å². The van der Waals surface area contributed by atoms with Crippen molar-refractivity contribution in [1.29, 1.82) is 10.5 Å². The van der Waals surface area contributed by atoms with Gasteiger partial charge in [0.1, 0.15) is 17.5 Å². The van der Waals surface area contributed by atoms with Crippen molar-refractivity contribution in [2.45, 2.75) is 18.9 Å². The maximum atomic E-state index is 11.7. The summed E-state index contributed by atoms with van der Waals surface area (Å²) < 4.78 is 5.62. The number of benzene rings is 3. The molecule has 0 aliphatic rings. The molecule has 0 heterocycles. The molecule has 11 heteroatoms. The smallest absolute Gasteiger partial charge is 0.344 e. The molecule has 0 fully saturated rings. The lowest BCUT2D eigenvalue weighted by Gasteiger charge is -2.25. The number of nitro groups is 1. The predicted octanol–water partition coefficient (Wildman–Crippen LogP) is 5.52. The second-order valence-electron chi connectivity index (χ2n) is 7.73. The molecule has 0 spiro atoms. The number of anilines is 1. The van der Waals surface area contributed by atoms with Crippen LogP contribution in [0, 0.1) is 32.8 Å². The number of ether oxygens (including phenoxy) is 1. The summed E-state index contributed by atoms with van der Waals surface area (Å²) in [5.41, 5.74) is 1.25. The lowest BCUT2D eigenvalue weighted by Crippen LogP contribution is -2.34. The molecule has 1 atom stereocenters. The van der Waals surface area contributed by atoms with Crippen LogP contribution >= 0.6 is 0 Å². The van der Waals surface area contributed by atoms with Gasteiger partial charge in [0.05, 0.1) is 28.7 Å². The molecule has 0 aromatic heterocycles. The van der Waals surface area contributed by atoms with Crippen LogP contribution in [-0.2, 0) is 4.79 Å². The average molecular weight is 498 g/mol. The van der Waals surface area contributed by atoms with E-state index in [9.17, 15) is 25.3 Å². The summed E-state index contributed by atoms with van der Waals surface area (Å²) in [4.78, 5) is 23.9. The van der Waals surface area contributed by atoms with E-state index in [1.165, 1.54) is 12.1 Å². The number of rotatable bonds is 12. The highest BCUT2D eigenvalue weighted by molar-refractivity contribution is 5.73. The van der Waals surface area contributed by atoms with Gasteiger partial charge < -0.3 is 14.7 Å². The van der Waals surface area contributed by atoms with E-state index in [1.807, 2.05) is 17.0 Å². The van der Waals surface area contributed by atoms with E-state index in [1.54, 1.807) is 48.5 Å². The number of nitrogens with zero attached hydrogens (tertiary/aromatic N) is 6. The van der Waals surface area contributed by atoms with Crippen LogP contribution in [0.1, 0.15) is 18.4 Å². The molecule has 3 aromatic rings. The van der Waals surface area contributed by atoms with Crippen molar-refractivity contribution < 1.29 is 19.6 Å². The monoisotopic (exact) mass is 498 g/mol. The minimum Gasteiger partial charge on any atom is -0.479 e. The summed E-state index contributed by atoms with van der Waals surface area (Å²) in [7, 11) is 0. The normalized spacial score (nSPS) is 11.3. The van der Waals surface area contributed by atoms with Crippen LogP contribution in [-0.4, -0.2) is 35.2 Å². The van der Waals surface area contributed by atoms with Crippen LogP contribution < -0.4 is 9.64 Å². The van der Waals surface area contributed by atoms with Crippen molar-refractivity contribution >= 4 is 28.7 Å². The highest BCUT2D eigenvalue weighted by Gasteiger charge is 2.21. The highest BCUT2D eigenvalue weighted by Crippen LogP contribution is 2.27. The molecule has 0 aliphatic carbocycles. The number of nitro benzene ring substituents is 1. The van der Waals surface area contributed by atoms with E-state index < -0.39 is 17.0 Å². The summed E-state index contributed by atoms with van der Waals surface area (Å²) in [6.45, 7) is 0.726. The average Bonchev–Trinajstić information content (AvgIpc) is 2.92. The quantitative estimate of drug-likeness (QED) is 0.193. The zero-order chi connectivity index (χ0) is 26.6. The Morgan fingerprint density at radius 3 is 2.41 bits per heavy atom. The number of carbonyl (C=O) groups is 1. The van der Waals surface area contributed by atoms with Gasteiger partial charge in [-0.2, -0.15) is 15.6 Å². The molecule has 0 bridgehead atoms. The number of para-hydroxylation sites is 1. The largest absolute Gasteiger partial charge is 0.479 e. The minimum absolute atomic E-state index is 0.0305. The second kappa shape index (κ2) is 13.0. The Labute approximate surface area is 212 Å². The van der Waals surface area contributed by atoms with Crippen LogP contribution in [0.3, 0.4) is 0 Å². The first-order valence-corrected chi connectivity index (χ1v) is 11.2. The van der Waals surface area contributed by atoms with Crippen LogP contribution in [0.2, 0.25) is 0 Å². The Morgan fingerprint density at radius 2 is 1.78 bits per heavy atom. The molecule has 0 amide bonds. The van der Waals surface area contributed by atoms with E-state index in [4.69, 9.17) is 10.00 Å². The van der Waals surface area contributed by atoms with E-state index >= 15 is 0 Å². The third kappa shape index (κ3) is 7.60. The van der Waals surface area contributed by atoms with Crippen molar-refractivity contribution in [1.82, 2.24) is 0 Å². The van der Waals surface area contributed by atoms with Gasteiger partial charge in [0, 0.05) is 37.3 Å². The molecular weight excluding hydrogens is 476 g/mol. The summed E-state index contributed by atoms with van der Waals surface area (Å²) >= 11 is 0. The molecule has 3 rings (SSSR count). The van der Waals surface area contributed by atoms with Crippen molar-refractivity contribution in [3.8, 4) is 17.9 Å². The highest BCUT2D eigenvalue weighted by atomic mass is 16.6. The number of hydrogen-bond acceptors (Lipinski definition) is 9. The second-order valence-corrected chi connectivity index (χ2v) is 7.73. The molecule has 0 saturated heterocycles. The van der Waals surface area contributed by atoms with E-state index in [2.05, 4.69) is 16.3 Å². The SMILES string of the molecule is N#CCCN(CCC(Oc1ccccc1)C(=O)O)c1ccc(N=Nc2ccc([N+](=O)[O-])cc2C#N)cc1. The van der Waals surface area contributed by atoms with Crippen LogP contribution in [0.15, 0.2) is 83.0 Å². The van der Waals surface area contributed by atoms with Gasteiger partial charge >= 0.3 is 5.97 Å². The van der Waals surface area contributed by atoms with E-state index in [-0.39, 0.29) is 29.8 Å². The van der Waals surface area contributed by atoms with Gasteiger partial charge in [-0.25, -0.2) is 4.79 Å². The fourth-order valence-electron chi connectivity index (χ4n) is 3.38. The molecule has 1 unspecified atom stereocenters. The Balaban J connectivity index is 1.71.